The van der Waals surface area contributed by atoms with Crippen LogP contribution in [0.2, 0.25) is 0 Å². The molecule has 2 aromatic carbocycles. The van der Waals surface area contributed by atoms with E-state index in [9.17, 15) is 9.90 Å². The maximum Gasteiger partial charge on any atom is 0.309 e. The number of carboxylic acid groups (broad SMARTS) is 1. The largest absolute Gasteiger partial charge is 0.497 e. The number of ether oxygens (including phenoxy) is 4. The van der Waals surface area contributed by atoms with E-state index < -0.39 is 11.9 Å². The molecule has 7 heteroatoms. The van der Waals surface area contributed by atoms with Gasteiger partial charge in [0.1, 0.15) is 5.75 Å². The zero-order valence-corrected chi connectivity index (χ0v) is 17.2. The molecule has 2 aliphatic heterocycles. The molecule has 0 bridgehead atoms. The average Bonchev–Trinajstić information content (AvgIpc) is 3.38. The zero-order chi connectivity index (χ0) is 21.1. The summed E-state index contributed by atoms with van der Waals surface area (Å²) in [5, 5.41) is 10.2. The normalized spacial score (nSPS) is 22.9. The number of likely N-dealkylation sites (tertiary alicyclic amines) is 1. The van der Waals surface area contributed by atoms with E-state index in [1.165, 1.54) is 0 Å². The molecule has 1 saturated heterocycles. The van der Waals surface area contributed by atoms with Gasteiger partial charge in [0.05, 0.1) is 19.6 Å². The fourth-order valence-corrected chi connectivity index (χ4v) is 4.47. The molecular formula is C23H27NO6. The van der Waals surface area contributed by atoms with Gasteiger partial charge in [-0.05, 0) is 42.3 Å². The van der Waals surface area contributed by atoms with Gasteiger partial charge in [-0.1, -0.05) is 18.2 Å². The van der Waals surface area contributed by atoms with Crippen molar-refractivity contribution in [2.75, 3.05) is 40.2 Å². The molecule has 0 aliphatic carbocycles. The number of hydrogen-bond acceptors (Lipinski definition) is 6. The summed E-state index contributed by atoms with van der Waals surface area (Å²) >= 11 is 0. The van der Waals surface area contributed by atoms with Crippen LogP contribution in [0, 0.1) is 5.92 Å². The van der Waals surface area contributed by atoms with E-state index in [4.69, 9.17) is 18.9 Å². The van der Waals surface area contributed by atoms with E-state index in [-0.39, 0.29) is 18.8 Å². The van der Waals surface area contributed by atoms with Crippen LogP contribution >= 0.6 is 0 Å². The van der Waals surface area contributed by atoms with Gasteiger partial charge in [0.2, 0.25) is 6.79 Å². The van der Waals surface area contributed by atoms with E-state index in [0.717, 1.165) is 16.9 Å². The minimum absolute atomic E-state index is 0.175. The van der Waals surface area contributed by atoms with E-state index >= 15 is 0 Å². The lowest BCUT2D eigenvalue weighted by Gasteiger charge is -2.27. The second kappa shape index (κ2) is 8.93. The highest BCUT2D eigenvalue weighted by Crippen LogP contribution is 2.47. The molecule has 1 N–H and O–H groups in total. The summed E-state index contributed by atoms with van der Waals surface area (Å²) in [6.45, 7) is 4.63. The summed E-state index contributed by atoms with van der Waals surface area (Å²) in [4.78, 5) is 14.7. The molecule has 3 atom stereocenters. The maximum atomic E-state index is 12.5. The topological polar surface area (TPSA) is 77.5 Å². The predicted molar refractivity (Wildman–Crippen MR) is 110 cm³/mol. The van der Waals surface area contributed by atoms with Crippen molar-refractivity contribution in [3.63, 3.8) is 0 Å². The van der Waals surface area contributed by atoms with Gasteiger partial charge in [0, 0.05) is 31.7 Å². The lowest BCUT2D eigenvalue weighted by atomic mass is 9.82. The summed E-state index contributed by atoms with van der Waals surface area (Å²) in [5.74, 6) is 0.536. The van der Waals surface area contributed by atoms with Gasteiger partial charge in [-0.2, -0.15) is 0 Å². The van der Waals surface area contributed by atoms with Gasteiger partial charge < -0.3 is 24.1 Å². The van der Waals surface area contributed by atoms with Gasteiger partial charge in [-0.15, -0.1) is 0 Å². The Morgan fingerprint density at radius 3 is 2.57 bits per heavy atom. The Morgan fingerprint density at radius 1 is 1.13 bits per heavy atom. The van der Waals surface area contributed by atoms with E-state index in [0.29, 0.717) is 37.8 Å². The number of carboxylic acids is 1. The highest BCUT2D eigenvalue weighted by Gasteiger charge is 2.47. The average molecular weight is 413 g/mol. The lowest BCUT2D eigenvalue weighted by Crippen LogP contribution is -2.31. The minimum atomic E-state index is -0.808. The third-order valence-electron chi connectivity index (χ3n) is 5.89. The van der Waals surface area contributed by atoms with Crippen LogP contribution in [-0.2, 0) is 9.53 Å². The van der Waals surface area contributed by atoms with Crippen LogP contribution in [0.25, 0.3) is 0 Å². The molecule has 2 aliphatic rings. The van der Waals surface area contributed by atoms with Crippen LogP contribution in [-0.4, -0.2) is 56.2 Å². The van der Waals surface area contributed by atoms with Crippen LogP contribution in [0.3, 0.4) is 0 Å². The highest BCUT2D eigenvalue weighted by molar-refractivity contribution is 5.74. The number of fused-ring (bicyclic) bond motifs is 1. The molecule has 2 heterocycles. The predicted octanol–water partition coefficient (Wildman–Crippen LogP) is 3.30. The van der Waals surface area contributed by atoms with Crippen molar-refractivity contribution in [2.24, 2.45) is 5.92 Å². The molecule has 0 radical (unpaired) electrons. The number of nitrogens with zero attached hydrogens (tertiary/aromatic N) is 1. The maximum absolute atomic E-state index is 12.5. The van der Waals surface area contributed by atoms with Gasteiger partial charge in [-0.3, -0.25) is 9.69 Å². The van der Waals surface area contributed by atoms with Gasteiger partial charge in [0.25, 0.3) is 0 Å². The smallest absolute Gasteiger partial charge is 0.309 e. The fraction of sp³-hybridized carbons (Fsp3) is 0.435. The minimum Gasteiger partial charge on any atom is -0.497 e. The summed E-state index contributed by atoms with van der Waals surface area (Å²) in [6.07, 6.45) is 0. The monoisotopic (exact) mass is 413 g/mol. The lowest BCUT2D eigenvalue weighted by molar-refractivity contribution is -0.143. The molecule has 0 amide bonds. The van der Waals surface area contributed by atoms with Crippen molar-refractivity contribution < 1.29 is 28.8 Å². The van der Waals surface area contributed by atoms with Gasteiger partial charge in [0.15, 0.2) is 11.5 Å². The number of carbonyl (C=O) groups is 1. The van der Waals surface area contributed by atoms with Crippen LogP contribution in [0.15, 0.2) is 42.5 Å². The standard InChI is InChI=1S/C23H27NO6/c1-3-28-11-10-24-13-18(16-6-9-19-20(12-16)30-14-29-19)21(23(25)26)22(24)15-4-7-17(27-2)8-5-15/h4-9,12,18,21-22H,3,10-11,13-14H2,1-2H3,(H,25,26)/t18-,21-,22+/m0/s1. The van der Waals surface area contributed by atoms with Gasteiger partial charge in [-0.25, -0.2) is 0 Å². The van der Waals surface area contributed by atoms with Crippen LogP contribution < -0.4 is 14.2 Å². The van der Waals surface area contributed by atoms with Crippen LogP contribution in [0.5, 0.6) is 17.2 Å². The van der Waals surface area contributed by atoms with Gasteiger partial charge >= 0.3 is 5.97 Å². The van der Waals surface area contributed by atoms with Crippen LogP contribution in [0.4, 0.5) is 0 Å². The molecule has 0 spiro atoms. The number of hydrogen-bond donors (Lipinski definition) is 1. The third kappa shape index (κ3) is 3.95. The molecule has 1 fully saturated rings. The molecular weight excluding hydrogens is 386 g/mol. The molecule has 0 unspecified atom stereocenters. The molecule has 2 aromatic rings. The SMILES string of the molecule is CCOCCN1C[C@@H](c2ccc3c(c2)OCO3)[C@H](C(=O)O)[C@H]1c1ccc(OC)cc1. The first-order chi connectivity index (χ1) is 14.6. The molecule has 0 aromatic heterocycles. The quantitative estimate of drug-likeness (QED) is 0.666. The first kappa shape index (κ1) is 20.5. The number of methoxy groups -OCH3 is 1. The number of aliphatic carboxylic acids is 1. The third-order valence-corrected chi connectivity index (χ3v) is 5.89. The van der Waals surface area contributed by atoms with E-state index in [1.807, 2.05) is 49.4 Å². The molecule has 7 nitrogen and oxygen atoms in total. The van der Waals surface area contributed by atoms with E-state index in [1.54, 1.807) is 7.11 Å². The first-order valence-corrected chi connectivity index (χ1v) is 10.2. The Bertz CT molecular complexity index is 884. The Balaban J connectivity index is 1.69. The molecule has 160 valence electrons. The van der Waals surface area contributed by atoms with Crippen molar-refractivity contribution in [3.05, 3.63) is 53.6 Å². The van der Waals surface area contributed by atoms with Crippen molar-refractivity contribution in [3.8, 4) is 17.2 Å². The second-order valence-corrected chi connectivity index (χ2v) is 7.49. The first-order valence-electron chi connectivity index (χ1n) is 10.2. The van der Waals surface area contributed by atoms with Crippen molar-refractivity contribution in [2.45, 2.75) is 18.9 Å². The Hall–Kier alpha value is -2.77. The van der Waals surface area contributed by atoms with Crippen LogP contribution in [0.1, 0.15) is 30.0 Å². The van der Waals surface area contributed by atoms with E-state index in [2.05, 4.69) is 4.90 Å². The van der Waals surface area contributed by atoms with Crippen molar-refractivity contribution >= 4 is 5.97 Å². The summed E-state index contributed by atoms with van der Waals surface area (Å²) in [5.41, 5.74) is 1.91. The molecule has 4 rings (SSSR count). The fourth-order valence-electron chi connectivity index (χ4n) is 4.47. The highest BCUT2D eigenvalue weighted by atomic mass is 16.7. The number of rotatable bonds is 8. The second-order valence-electron chi connectivity index (χ2n) is 7.49. The van der Waals surface area contributed by atoms with Crippen molar-refractivity contribution in [1.29, 1.82) is 0 Å². The summed E-state index contributed by atoms with van der Waals surface area (Å²) < 4.78 is 21.8. The Labute approximate surface area is 176 Å². The zero-order valence-electron chi connectivity index (χ0n) is 17.2. The Kier molecular flexibility index (Phi) is 6.11. The van der Waals surface area contributed by atoms with Crippen molar-refractivity contribution in [1.82, 2.24) is 4.90 Å². The number of benzene rings is 2. The molecule has 30 heavy (non-hydrogen) atoms. The molecule has 0 saturated carbocycles. The summed E-state index contributed by atoms with van der Waals surface area (Å²) in [6, 6.07) is 13.1. The Morgan fingerprint density at radius 2 is 1.87 bits per heavy atom. The summed E-state index contributed by atoms with van der Waals surface area (Å²) in [7, 11) is 1.62.